The average Bonchev–Trinajstić information content (AvgIpc) is 2.82. The molecule has 7 heteroatoms. The third-order valence-corrected chi connectivity index (χ3v) is 2.67. The molecule has 0 spiro atoms. The van der Waals surface area contributed by atoms with Gasteiger partial charge in [0.15, 0.2) is 0 Å². The van der Waals surface area contributed by atoms with E-state index < -0.39 is 0 Å². The second kappa shape index (κ2) is 7.32. The van der Waals surface area contributed by atoms with Gasteiger partial charge in [0.05, 0.1) is 6.20 Å². The van der Waals surface area contributed by atoms with Crippen LogP contribution in [0.4, 0.5) is 4.39 Å². The lowest BCUT2D eigenvalue weighted by molar-refractivity contribution is -0.191. The third-order valence-electron chi connectivity index (χ3n) is 1.73. The van der Waals surface area contributed by atoms with E-state index in [4.69, 9.17) is 9.59 Å². The van der Waals surface area contributed by atoms with Crippen LogP contribution in [0.2, 0.25) is 0 Å². The van der Waals surface area contributed by atoms with E-state index in [1.165, 1.54) is 17.8 Å². The largest absolute Gasteiger partial charge is 0.373 e. The molecule has 0 aliphatic carbocycles. The Bertz CT molecular complexity index is 484. The Morgan fingerprint density at radius 2 is 2.06 bits per heavy atom. The van der Waals surface area contributed by atoms with Crippen LogP contribution < -0.4 is 0 Å². The first kappa shape index (κ1) is 13.1. The Balaban J connectivity index is 0.000000437. The van der Waals surface area contributed by atoms with Crippen molar-refractivity contribution in [3.8, 4) is 0 Å². The lowest BCUT2D eigenvalue weighted by atomic mass is 10.2. The summed E-state index contributed by atoms with van der Waals surface area (Å²) in [5.41, 5.74) is 0.681. The van der Waals surface area contributed by atoms with Crippen molar-refractivity contribution in [3.05, 3.63) is 41.8 Å². The van der Waals surface area contributed by atoms with E-state index in [2.05, 4.69) is 15.4 Å². The zero-order valence-electron chi connectivity index (χ0n) is 8.59. The van der Waals surface area contributed by atoms with E-state index >= 15 is 0 Å². The number of hydrogen-bond donors (Lipinski definition) is 1. The van der Waals surface area contributed by atoms with Crippen LogP contribution in [0.5, 0.6) is 0 Å². The number of H-pyrrole nitrogens is 1. The minimum absolute atomic E-state index is 0.177. The summed E-state index contributed by atoms with van der Waals surface area (Å²) >= 11 is 1.45. The standard InChI is InChI=1S/C9H8FN3S.CO2/c10-8-4-2-1-3-7(8)6-14-9-5-11-13-12-9;2-1-3/h1-5H,6H2,(H,11,12,13);. The van der Waals surface area contributed by atoms with Crippen LogP contribution in [0, 0.1) is 5.82 Å². The van der Waals surface area contributed by atoms with Gasteiger partial charge >= 0.3 is 6.15 Å². The number of benzene rings is 1. The summed E-state index contributed by atoms with van der Waals surface area (Å²) in [5, 5.41) is 10.8. The van der Waals surface area contributed by atoms with E-state index in [1.807, 2.05) is 6.07 Å². The van der Waals surface area contributed by atoms with Crippen molar-refractivity contribution in [1.82, 2.24) is 15.4 Å². The van der Waals surface area contributed by atoms with Crippen molar-refractivity contribution < 1.29 is 14.0 Å². The fourth-order valence-corrected chi connectivity index (χ4v) is 1.80. The second-order valence-electron chi connectivity index (χ2n) is 2.77. The molecule has 88 valence electrons. The fraction of sp³-hybridized carbons (Fsp3) is 0.100. The van der Waals surface area contributed by atoms with Crippen LogP contribution in [0.25, 0.3) is 0 Å². The first-order valence-electron chi connectivity index (χ1n) is 4.49. The molecule has 1 heterocycles. The van der Waals surface area contributed by atoms with Gasteiger partial charge in [0, 0.05) is 5.75 Å². The first-order valence-corrected chi connectivity index (χ1v) is 5.47. The molecule has 0 unspecified atom stereocenters. The number of hydrogen-bond acceptors (Lipinski definition) is 5. The van der Waals surface area contributed by atoms with Crippen molar-refractivity contribution in [2.24, 2.45) is 0 Å². The molecule has 1 N–H and O–H groups in total. The number of rotatable bonds is 3. The number of aromatic nitrogens is 3. The molecule has 0 aliphatic rings. The molecule has 1 aromatic carbocycles. The lowest BCUT2D eigenvalue weighted by Crippen LogP contribution is -1.86. The van der Waals surface area contributed by atoms with Crippen LogP contribution in [0.3, 0.4) is 0 Å². The van der Waals surface area contributed by atoms with Crippen LogP contribution in [0.15, 0.2) is 35.5 Å². The number of carbonyl (C=O) groups excluding carboxylic acids is 2. The molecule has 17 heavy (non-hydrogen) atoms. The summed E-state index contributed by atoms with van der Waals surface area (Å²) in [6.07, 6.45) is 1.87. The highest BCUT2D eigenvalue weighted by molar-refractivity contribution is 7.98. The van der Waals surface area contributed by atoms with Gasteiger partial charge in [-0.05, 0) is 11.6 Å². The monoisotopic (exact) mass is 253 g/mol. The topological polar surface area (TPSA) is 75.7 Å². The Kier molecular flexibility index (Phi) is 5.63. The maximum Gasteiger partial charge on any atom is 0.373 e. The Hall–Kier alpha value is -1.98. The highest BCUT2D eigenvalue weighted by Crippen LogP contribution is 2.20. The number of nitrogens with one attached hydrogen (secondary N) is 1. The van der Waals surface area contributed by atoms with Gasteiger partial charge in [-0.1, -0.05) is 30.0 Å². The smallest absolute Gasteiger partial charge is 0.207 e. The predicted molar refractivity (Wildman–Crippen MR) is 57.4 cm³/mol. The minimum atomic E-state index is -0.177. The number of thioether (sulfide) groups is 1. The summed E-state index contributed by atoms with van der Waals surface area (Å²) in [7, 11) is 0. The van der Waals surface area contributed by atoms with E-state index in [9.17, 15) is 4.39 Å². The fourth-order valence-electron chi connectivity index (χ4n) is 1.03. The Morgan fingerprint density at radius 1 is 1.35 bits per heavy atom. The molecular formula is C10H8FN3O2S. The van der Waals surface area contributed by atoms with Gasteiger partial charge in [-0.25, -0.2) is 4.39 Å². The van der Waals surface area contributed by atoms with Gasteiger partial charge in [0.2, 0.25) is 0 Å². The average molecular weight is 253 g/mol. The number of nitrogens with zero attached hydrogens (tertiary/aromatic N) is 2. The van der Waals surface area contributed by atoms with Crippen molar-refractivity contribution in [1.29, 1.82) is 0 Å². The predicted octanol–water partition coefficient (Wildman–Crippen LogP) is 1.65. The molecule has 5 nitrogen and oxygen atoms in total. The highest BCUT2D eigenvalue weighted by atomic mass is 32.2. The Morgan fingerprint density at radius 3 is 2.65 bits per heavy atom. The summed E-state index contributed by atoms with van der Waals surface area (Å²) < 4.78 is 13.2. The molecule has 1 aromatic heterocycles. The van der Waals surface area contributed by atoms with Crippen LogP contribution in [-0.2, 0) is 15.3 Å². The van der Waals surface area contributed by atoms with Gasteiger partial charge in [0.1, 0.15) is 10.8 Å². The maximum atomic E-state index is 13.2. The zero-order chi connectivity index (χ0) is 12.5. The summed E-state index contributed by atoms with van der Waals surface area (Å²) in [6, 6.07) is 6.72. The van der Waals surface area contributed by atoms with Crippen LogP contribution >= 0.6 is 11.8 Å². The SMILES string of the molecule is Fc1ccccc1CSc1cn[nH]n1.O=C=O. The first-order chi connectivity index (χ1) is 8.27. The summed E-state index contributed by atoms with van der Waals surface area (Å²) in [4.78, 5) is 16.2. The summed E-state index contributed by atoms with van der Waals surface area (Å²) in [6.45, 7) is 0. The van der Waals surface area contributed by atoms with Crippen LogP contribution in [-0.4, -0.2) is 21.6 Å². The lowest BCUT2D eigenvalue weighted by Gasteiger charge is -1.99. The molecule has 0 bridgehead atoms. The molecule has 0 saturated heterocycles. The minimum Gasteiger partial charge on any atom is -0.207 e. The quantitative estimate of drug-likeness (QED) is 0.842. The van der Waals surface area contributed by atoms with Crippen molar-refractivity contribution >= 4 is 17.9 Å². The second-order valence-corrected chi connectivity index (χ2v) is 3.77. The van der Waals surface area contributed by atoms with Gasteiger partial charge < -0.3 is 0 Å². The molecule has 0 aliphatic heterocycles. The molecule has 0 radical (unpaired) electrons. The maximum absolute atomic E-state index is 13.2. The van der Waals surface area contributed by atoms with Gasteiger partial charge in [-0.15, -0.1) is 5.10 Å². The van der Waals surface area contributed by atoms with Gasteiger partial charge in [-0.3, -0.25) is 0 Å². The molecule has 0 saturated carbocycles. The molecule has 0 atom stereocenters. The summed E-state index contributed by atoms with van der Waals surface area (Å²) in [5.74, 6) is 0.391. The molecular weight excluding hydrogens is 245 g/mol. The van der Waals surface area contributed by atoms with E-state index in [0.29, 0.717) is 11.3 Å². The zero-order valence-corrected chi connectivity index (χ0v) is 9.41. The number of halogens is 1. The van der Waals surface area contributed by atoms with Crippen molar-refractivity contribution in [2.45, 2.75) is 10.8 Å². The van der Waals surface area contributed by atoms with E-state index in [-0.39, 0.29) is 12.0 Å². The van der Waals surface area contributed by atoms with Crippen molar-refractivity contribution in [3.63, 3.8) is 0 Å². The van der Waals surface area contributed by atoms with Crippen molar-refractivity contribution in [2.75, 3.05) is 0 Å². The molecule has 0 amide bonds. The van der Waals surface area contributed by atoms with Crippen LogP contribution in [0.1, 0.15) is 5.56 Å². The molecule has 0 fully saturated rings. The highest BCUT2D eigenvalue weighted by Gasteiger charge is 2.02. The molecule has 2 aromatic rings. The molecule has 2 rings (SSSR count). The van der Waals surface area contributed by atoms with E-state index in [0.717, 1.165) is 5.03 Å². The van der Waals surface area contributed by atoms with Gasteiger partial charge in [0.25, 0.3) is 0 Å². The van der Waals surface area contributed by atoms with E-state index in [1.54, 1.807) is 18.3 Å². The Labute approximate surface area is 100 Å². The number of aromatic amines is 1. The normalized spacial score (nSPS) is 9.00. The van der Waals surface area contributed by atoms with Gasteiger partial charge in [-0.2, -0.15) is 19.9 Å². The third kappa shape index (κ3) is 4.58.